The lowest BCUT2D eigenvalue weighted by Crippen LogP contribution is -2.24. The molecule has 2 aromatic rings. The Hall–Kier alpha value is -3.66. The first-order valence-electron chi connectivity index (χ1n) is 15.2. The van der Waals surface area contributed by atoms with E-state index in [2.05, 4.69) is 102 Å². The van der Waals surface area contributed by atoms with Gasteiger partial charge in [0.2, 0.25) is 0 Å². The van der Waals surface area contributed by atoms with E-state index in [9.17, 15) is 0 Å². The molecule has 1 aliphatic carbocycles. The zero-order valence-electron chi connectivity index (χ0n) is 26.0. The fourth-order valence-electron chi connectivity index (χ4n) is 6.98. The molecule has 0 spiro atoms. The summed E-state index contributed by atoms with van der Waals surface area (Å²) in [5, 5.41) is 2.17. The van der Waals surface area contributed by atoms with E-state index in [4.69, 9.17) is 9.98 Å². The Kier molecular flexibility index (Phi) is 6.71. The number of fused-ring (bicyclic) bond motifs is 9. The van der Waals surface area contributed by atoms with Crippen LogP contribution in [0.1, 0.15) is 87.5 Å². The number of hydrogen-bond donors (Lipinski definition) is 2. The molecule has 6 rings (SSSR count). The van der Waals surface area contributed by atoms with E-state index in [1.807, 2.05) is 6.08 Å². The summed E-state index contributed by atoms with van der Waals surface area (Å²) in [6.45, 7) is 22.3. The molecule has 0 saturated heterocycles. The second-order valence-electron chi connectivity index (χ2n) is 12.9. The van der Waals surface area contributed by atoms with Gasteiger partial charge in [0.1, 0.15) is 0 Å². The van der Waals surface area contributed by atoms with Crippen LogP contribution in [0.2, 0.25) is 0 Å². The summed E-state index contributed by atoms with van der Waals surface area (Å²) in [4.78, 5) is 18.1. The van der Waals surface area contributed by atoms with Crippen LogP contribution in [0.3, 0.4) is 0 Å². The zero-order chi connectivity index (χ0) is 29.2. The molecule has 4 aliphatic rings. The number of aliphatic imine (C=N–C) groups is 2. The maximum absolute atomic E-state index is 5.38. The Morgan fingerprint density at radius 2 is 1.83 bits per heavy atom. The lowest BCUT2D eigenvalue weighted by Gasteiger charge is -2.32. The molecule has 0 fully saturated rings. The Morgan fingerprint density at radius 3 is 2.56 bits per heavy atom. The average molecular weight is 545 g/mol. The molecule has 212 valence electrons. The highest BCUT2D eigenvalue weighted by Gasteiger charge is 2.42. The minimum Gasteiger partial charge on any atom is -0.358 e. The minimum atomic E-state index is -0.167. The van der Waals surface area contributed by atoms with Gasteiger partial charge in [-0.2, -0.15) is 0 Å². The van der Waals surface area contributed by atoms with Crippen LogP contribution in [-0.4, -0.2) is 27.4 Å². The molecule has 0 radical (unpaired) electrons. The van der Waals surface area contributed by atoms with Gasteiger partial charge in [-0.1, -0.05) is 50.6 Å². The van der Waals surface area contributed by atoms with Crippen LogP contribution in [0, 0.1) is 32.1 Å². The van der Waals surface area contributed by atoms with Crippen LogP contribution in [0.4, 0.5) is 0 Å². The monoisotopic (exact) mass is 544 g/mol. The van der Waals surface area contributed by atoms with Crippen molar-refractivity contribution in [3.8, 4) is 0 Å². The van der Waals surface area contributed by atoms with Gasteiger partial charge in [-0.3, -0.25) is 9.98 Å². The number of nitrogens with one attached hydrogen (secondary N) is 2. The topological polar surface area (TPSA) is 56.3 Å². The number of hydrogen-bond acceptors (Lipinski definition) is 2. The van der Waals surface area contributed by atoms with Crippen LogP contribution < -0.4 is 10.7 Å². The molecule has 8 bridgehead atoms. The Morgan fingerprint density at radius 1 is 1.05 bits per heavy atom. The Labute approximate surface area is 244 Å². The number of H-pyrrole nitrogens is 2. The fourth-order valence-corrected chi connectivity index (χ4v) is 6.98. The van der Waals surface area contributed by atoms with Crippen LogP contribution in [0.15, 0.2) is 56.7 Å². The van der Waals surface area contributed by atoms with Crippen molar-refractivity contribution in [1.29, 1.82) is 0 Å². The van der Waals surface area contributed by atoms with Crippen LogP contribution >= 0.6 is 0 Å². The van der Waals surface area contributed by atoms with E-state index in [0.717, 1.165) is 52.6 Å². The van der Waals surface area contributed by atoms with Gasteiger partial charge in [0.15, 0.2) is 0 Å². The normalized spacial score (nSPS) is 26.1. The third kappa shape index (κ3) is 4.43. The van der Waals surface area contributed by atoms with E-state index in [-0.39, 0.29) is 11.5 Å². The predicted octanol–water partition coefficient (Wildman–Crippen LogP) is 7.38. The molecule has 4 heteroatoms. The lowest BCUT2D eigenvalue weighted by molar-refractivity contribution is 0.462. The zero-order valence-corrected chi connectivity index (χ0v) is 26.0. The van der Waals surface area contributed by atoms with E-state index in [0.29, 0.717) is 5.92 Å². The molecule has 41 heavy (non-hydrogen) atoms. The van der Waals surface area contributed by atoms with Gasteiger partial charge in [0.05, 0.1) is 17.5 Å². The maximum Gasteiger partial charge on any atom is 0.0920 e. The molecule has 2 N–H and O–H groups in total. The van der Waals surface area contributed by atoms with Crippen LogP contribution in [0.5, 0.6) is 0 Å². The summed E-state index contributed by atoms with van der Waals surface area (Å²) in [5.41, 5.74) is 16.0. The number of allylic oxidation sites excluding steroid dienone is 5. The molecular formula is C37H44N4. The van der Waals surface area contributed by atoms with Crippen molar-refractivity contribution in [2.45, 2.75) is 87.1 Å². The molecule has 3 aliphatic heterocycles. The van der Waals surface area contributed by atoms with E-state index < -0.39 is 0 Å². The second-order valence-corrected chi connectivity index (χ2v) is 12.9. The first-order chi connectivity index (χ1) is 19.5. The van der Waals surface area contributed by atoms with Gasteiger partial charge in [0, 0.05) is 45.2 Å². The highest BCUT2D eigenvalue weighted by Crippen LogP contribution is 2.51. The predicted molar refractivity (Wildman–Crippen MR) is 176 cm³/mol. The molecular weight excluding hydrogens is 500 g/mol. The van der Waals surface area contributed by atoms with Crippen molar-refractivity contribution in [2.75, 3.05) is 0 Å². The van der Waals surface area contributed by atoms with Gasteiger partial charge < -0.3 is 9.97 Å². The Bertz CT molecular complexity index is 1790. The first kappa shape index (κ1) is 27.5. The molecule has 2 aromatic heterocycles. The number of rotatable bonds is 4. The van der Waals surface area contributed by atoms with Crippen LogP contribution in [-0.2, 0) is 6.42 Å². The number of nitrogens with zero attached hydrogens (tertiary/aromatic N) is 2. The van der Waals surface area contributed by atoms with E-state index in [1.165, 1.54) is 56.8 Å². The highest BCUT2D eigenvalue weighted by atomic mass is 14.9. The summed E-state index contributed by atoms with van der Waals surface area (Å²) >= 11 is 0. The minimum absolute atomic E-state index is 0.0204. The second kappa shape index (κ2) is 10.0. The summed E-state index contributed by atoms with van der Waals surface area (Å²) in [6.07, 6.45) is 17.7. The molecule has 0 saturated carbocycles. The van der Waals surface area contributed by atoms with Crippen molar-refractivity contribution in [3.05, 3.63) is 91.1 Å². The van der Waals surface area contributed by atoms with Gasteiger partial charge >= 0.3 is 0 Å². The summed E-state index contributed by atoms with van der Waals surface area (Å²) in [7, 11) is 0. The fraction of sp³-hybridized carbons (Fsp3) is 0.405. The highest BCUT2D eigenvalue weighted by molar-refractivity contribution is 6.24. The van der Waals surface area contributed by atoms with Crippen molar-refractivity contribution in [1.82, 2.24) is 9.97 Å². The first-order valence-corrected chi connectivity index (χ1v) is 15.2. The van der Waals surface area contributed by atoms with Crippen LogP contribution in [0.25, 0.3) is 24.3 Å². The third-order valence-electron chi connectivity index (χ3n) is 10.3. The van der Waals surface area contributed by atoms with Crippen molar-refractivity contribution < 1.29 is 0 Å². The molecule has 3 atom stereocenters. The molecule has 0 amide bonds. The summed E-state index contributed by atoms with van der Waals surface area (Å²) in [6, 6.07) is 0.0204. The number of aromatic amines is 2. The SMILES string of the molecule is C=Cc1c(C)c2[nH]/c1=C\C1N=C(Cc3[nH]c(c(C)c3C)/C=C3\N=C(C=2)C2=CC=C(CC(C)CC)CC23C)C(C)=C1C. The third-order valence-corrected chi connectivity index (χ3v) is 10.3. The summed E-state index contributed by atoms with van der Waals surface area (Å²) in [5.74, 6) is 0.680. The Balaban J connectivity index is 1.61. The van der Waals surface area contributed by atoms with E-state index >= 15 is 0 Å². The van der Waals surface area contributed by atoms with Gasteiger partial charge in [-0.15, -0.1) is 0 Å². The smallest absolute Gasteiger partial charge is 0.0920 e. The lowest BCUT2D eigenvalue weighted by atomic mass is 9.70. The quantitative estimate of drug-likeness (QED) is 0.403. The average Bonchev–Trinajstić information content (AvgIpc) is 3.57. The molecule has 4 nitrogen and oxygen atoms in total. The number of aromatic nitrogens is 2. The van der Waals surface area contributed by atoms with Crippen molar-refractivity contribution >= 4 is 35.7 Å². The standard InChI is InChI=1S/C37H44N4/c1-10-20(3)14-26-12-13-28-35-17-32-25(8)27(11-2)34(40-32)16-31-22(5)21(4)29(38-31)15-30-23(6)24(7)33(39-30)18-36(41-35)37(28,9)19-26/h11-13,16-18,20,31,39-40H,2,10,14-15,19H2,1,3-9H3/b32-17?,34-16-,36-18-. The van der Waals surface area contributed by atoms with Gasteiger partial charge in [-0.05, 0) is 112 Å². The van der Waals surface area contributed by atoms with E-state index in [1.54, 1.807) is 0 Å². The molecule has 0 aromatic carbocycles. The van der Waals surface area contributed by atoms with Crippen molar-refractivity contribution in [2.24, 2.45) is 21.3 Å². The summed E-state index contributed by atoms with van der Waals surface area (Å²) < 4.78 is 0. The van der Waals surface area contributed by atoms with Gasteiger partial charge in [0.25, 0.3) is 0 Å². The molecule has 5 heterocycles. The molecule has 3 unspecified atom stereocenters. The van der Waals surface area contributed by atoms with Gasteiger partial charge in [-0.25, -0.2) is 0 Å². The maximum atomic E-state index is 5.38. The largest absolute Gasteiger partial charge is 0.358 e. The van der Waals surface area contributed by atoms with Crippen molar-refractivity contribution in [3.63, 3.8) is 0 Å².